The van der Waals surface area contributed by atoms with Gasteiger partial charge in [0, 0.05) is 19.3 Å². The normalized spacial score (nSPS) is 20.1. The molecule has 4 rings (SSSR count). The molecule has 2 aromatic heterocycles. The summed E-state index contributed by atoms with van der Waals surface area (Å²) in [5, 5.41) is 2.82. The van der Waals surface area contributed by atoms with Crippen LogP contribution in [0.1, 0.15) is 43.0 Å². The fourth-order valence-electron chi connectivity index (χ4n) is 3.55. The van der Waals surface area contributed by atoms with E-state index in [2.05, 4.69) is 10.3 Å². The first kappa shape index (κ1) is 15.2. The summed E-state index contributed by atoms with van der Waals surface area (Å²) in [6, 6.07) is 3.08. The highest BCUT2D eigenvalue weighted by atomic mass is 16.2. The van der Waals surface area contributed by atoms with Crippen LogP contribution in [-0.2, 0) is 4.79 Å². The molecule has 1 aliphatic heterocycles. The molecule has 0 unspecified atom stereocenters. The predicted octanol–water partition coefficient (Wildman–Crippen LogP) is 1.86. The minimum absolute atomic E-state index is 0.0163. The molecule has 2 aliphatic rings. The van der Waals surface area contributed by atoms with Crippen LogP contribution >= 0.6 is 0 Å². The maximum Gasteiger partial charge on any atom is 0.253 e. The van der Waals surface area contributed by atoms with Gasteiger partial charge in [0.25, 0.3) is 5.91 Å². The lowest BCUT2D eigenvalue weighted by molar-refractivity contribution is -0.134. The zero-order valence-electron chi connectivity index (χ0n) is 13.9. The second-order valence-electron chi connectivity index (χ2n) is 7.16. The quantitative estimate of drug-likeness (QED) is 0.936. The molecule has 1 atom stereocenters. The number of hydrogen-bond donors (Lipinski definition) is 1. The van der Waals surface area contributed by atoms with Crippen LogP contribution in [0.3, 0.4) is 0 Å². The van der Waals surface area contributed by atoms with Gasteiger partial charge in [-0.25, -0.2) is 4.98 Å². The van der Waals surface area contributed by atoms with Gasteiger partial charge in [0.15, 0.2) is 0 Å². The van der Waals surface area contributed by atoms with E-state index < -0.39 is 6.04 Å². The summed E-state index contributed by atoms with van der Waals surface area (Å²) in [7, 11) is 0. The number of nitrogens with one attached hydrogen (secondary N) is 1. The minimum Gasteiger partial charge on any atom is -0.341 e. The number of nitrogens with zero attached hydrogens (tertiary/aromatic N) is 3. The van der Waals surface area contributed by atoms with E-state index in [1.807, 2.05) is 11.0 Å². The van der Waals surface area contributed by atoms with E-state index in [1.54, 1.807) is 36.1 Å². The first-order valence-electron chi connectivity index (χ1n) is 8.58. The molecule has 6 nitrogen and oxygen atoms in total. The Balaban J connectivity index is 1.38. The van der Waals surface area contributed by atoms with Crippen LogP contribution in [0, 0.1) is 5.41 Å². The Morgan fingerprint density at radius 2 is 1.96 bits per heavy atom. The van der Waals surface area contributed by atoms with E-state index in [9.17, 15) is 9.59 Å². The van der Waals surface area contributed by atoms with Gasteiger partial charge in [-0.05, 0) is 50.2 Å². The Kier molecular flexibility index (Phi) is 3.55. The third-order valence-electron chi connectivity index (χ3n) is 5.48. The summed E-state index contributed by atoms with van der Waals surface area (Å²) in [6.45, 7) is 3.40. The first-order chi connectivity index (χ1) is 11.6. The molecule has 3 heterocycles. The molecular formula is C18H22N4O2. The summed E-state index contributed by atoms with van der Waals surface area (Å²) >= 11 is 0. The standard InChI is InChI=1S/C18H22N4O2/c1-13(17(24)21-8-6-18(4-5-18)7-9-21)20-16(23)14-2-3-15-10-19-12-22(15)11-14/h2-3,10-13H,4-9H2,1H3,(H,20,23)/t13-/m0/s1. The number of piperidine rings is 1. The van der Waals surface area contributed by atoms with Gasteiger partial charge in [-0.15, -0.1) is 0 Å². The SMILES string of the molecule is C[C@H](NC(=O)c1ccc2cncn2c1)C(=O)N1CCC2(CC1)CC2. The summed E-state index contributed by atoms with van der Waals surface area (Å²) < 4.78 is 1.79. The molecule has 0 radical (unpaired) electrons. The van der Waals surface area contributed by atoms with Gasteiger partial charge in [0.2, 0.25) is 5.91 Å². The highest BCUT2D eigenvalue weighted by molar-refractivity contribution is 5.97. The Morgan fingerprint density at radius 3 is 2.67 bits per heavy atom. The van der Waals surface area contributed by atoms with Crippen LogP contribution in [0.25, 0.3) is 5.52 Å². The van der Waals surface area contributed by atoms with Gasteiger partial charge in [0.1, 0.15) is 6.04 Å². The van der Waals surface area contributed by atoms with Crippen molar-refractivity contribution in [2.24, 2.45) is 5.41 Å². The van der Waals surface area contributed by atoms with Gasteiger partial charge in [0.05, 0.1) is 23.6 Å². The maximum absolute atomic E-state index is 12.6. The first-order valence-corrected chi connectivity index (χ1v) is 8.58. The van der Waals surface area contributed by atoms with E-state index in [4.69, 9.17) is 0 Å². The Hall–Kier alpha value is -2.37. The van der Waals surface area contributed by atoms with Crippen LogP contribution < -0.4 is 5.32 Å². The minimum atomic E-state index is -0.510. The maximum atomic E-state index is 12.6. The molecule has 126 valence electrons. The topological polar surface area (TPSA) is 66.7 Å². The van der Waals surface area contributed by atoms with Crippen molar-refractivity contribution >= 4 is 17.3 Å². The number of carbonyl (C=O) groups is 2. The predicted molar refractivity (Wildman–Crippen MR) is 89.6 cm³/mol. The number of rotatable bonds is 3. The molecule has 6 heteroatoms. The lowest BCUT2D eigenvalue weighted by atomic mass is 9.93. The third-order valence-corrected chi connectivity index (χ3v) is 5.48. The van der Waals surface area contributed by atoms with Crippen molar-refractivity contribution in [1.82, 2.24) is 19.6 Å². The average molecular weight is 326 g/mol. The molecule has 2 amide bonds. The lowest BCUT2D eigenvalue weighted by Gasteiger charge is -2.33. The van der Waals surface area contributed by atoms with Crippen molar-refractivity contribution < 1.29 is 9.59 Å². The zero-order valence-corrected chi connectivity index (χ0v) is 13.9. The number of hydrogen-bond acceptors (Lipinski definition) is 3. The Labute approximate surface area is 140 Å². The highest BCUT2D eigenvalue weighted by Gasteiger charge is 2.45. The van der Waals surface area contributed by atoms with E-state index in [0.717, 1.165) is 31.4 Å². The van der Waals surface area contributed by atoms with Crippen molar-refractivity contribution in [3.05, 3.63) is 36.4 Å². The van der Waals surface area contributed by atoms with Gasteiger partial charge >= 0.3 is 0 Å². The van der Waals surface area contributed by atoms with Gasteiger partial charge in [-0.2, -0.15) is 0 Å². The van der Waals surface area contributed by atoms with Crippen LogP contribution in [0.4, 0.5) is 0 Å². The second kappa shape index (κ2) is 5.61. The van der Waals surface area contributed by atoms with E-state index >= 15 is 0 Å². The summed E-state index contributed by atoms with van der Waals surface area (Å²) in [6.07, 6.45) is 9.97. The van der Waals surface area contributed by atoms with Gasteiger partial charge in [-0.1, -0.05) is 0 Å². The summed E-state index contributed by atoms with van der Waals surface area (Å²) in [5.41, 5.74) is 2.00. The highest BCUT2D eigenvalue weighted by Crippen LogP contribution is 2.53. The van der Waals surface area contributed by atoms with Crippen LogP contribution in [-0.4, -0.2) is 45.2 Å². The molecule has 2 aromatic rings. The Bertz CT molecular complexity index is 783. The van der Waals surface area contributed by atoms with E-state index in [1.165, 1.54) is 12.8 Å². The van der Waals surface area contributed by atoms with Crippen molar-refractivity contribution in [2.75, 3.05) is 13.1 Å². The largest absolute Gasteiger partial charge is 0.341 e. The monoisotopic (exact) mass is 326 g/mol. The summed E-state index contributed by atoms with van der Waals surface area (Å²) in [5.74, 6) is -0.218. The molecule has 1 N–H and O–H groups in total. The number of fused-ring (bicyclic) bond motifs is 1. The molecule has 0 aromatic carbocycles. The number of pyridine rings is 1. The van der Waals surface area contributed by atoms with Crippen LogP contribution in [0.2, 0.25) is 0 Å². The third kappa shape index (κ3) is 2.77. The molecule has 0 bridgehead atoms. The number of carbonyl (C=O) groups excluding carboxylic acids is 2. The lowest BCUT2D eigenvalue weighted by Crippen LogP contribution is -2.49. The number of aromatic nitrogens is 2. The molecule has 1 spiro atoms. The van der Waals surface area contributed by atoms with Crippen LogP contribution in [0.5, 0.6) is 0 Å². The molecule has 1 saturated carbocycles. The fourth-order valence-corrected chi connectivity index (χ4v) is 3.55. The summed E-state index contributed by atoms with van der Waals surface area (Å²) in [4.78, 5) is 30.9. The molecule has 24 heavy (non-hydrogen) atoms. The van der Waals surface area contributed by atoms with Crippen molar-refractivity contribution in [3.63, 3.8) is 0 Å². The van der Waals surface area contributed by atoms with Gasteiger partial charge in [-0.3, -0.25) is 9.59 Å². The van der Waals surface area contributed by atoms with E-state index in [0.29, 0.717) is 11.0 Å². The van der Waals surface area contributed by atoms with Crippen molar-refractivity contribution in [1.29, 1.82) is 0 Å². The fraction of sp³-hybridized carbons (Fsp3) is 0.500. The molecular weight excluding hydrogens is 304 g/mol. The van der Waals surface area contributed by atoms with Crippen molar-refractivity contribution in [2.45, 2.75) is 38.6 Å². The van der Waals surface area contributed by atoms with Gasteiger partial charge < -0.3 is 14.6 Å². The number of imidazole rings is 1. The second-order valence-corrected chi connectivity index (χ2v) is 7.16. The Morgan fingerprint density at radius 1 is 1.21 bits per heavy atom. The van der Waals surface area contributed by atoms with Crippen LogP contribution in [0.15, 0.2) is 30.9 Å². The average Bonchev–Trinajstić information content (AvgIpc) is 3.18. The molecule has 1 saturated heterocycles. The molecule has 2 fully saturated rings. The zero-order chi connectivity index (χ0) is 16.7. The number of likely N-dealkylation sites (tertiary alicyclic amines) is 1. The van der Waals surface area contributed by atoms with Crippen molar-refractivity contribution in [3.8, 4) is 0 Å². The smallest absolute Gasteiger partial charge is 0.253 e. The van der Waals surface area contributed by atoms with E-state index in [-0.39, 0.29) is 11.8 Å². The number of amides is 2. The molecule has 1 aliphatic carbocycles.